The Labute approximate surface area is 122 Å². The molecule has 0 aliphatic carbocycles. The molecule has 6 heteroatoms. The molecular formula is C15H18N4O2. The van der Waals surface area contributed by atoms with E-state index in [0.717, 1.165) is 18.8 Å². The van der Waals surface area contributed by atoms with Crippen molar-refractivity contribution in [2.24, 2.45) is 0 Å². The summed E-state index contributed by atoms with van der Waals surface area (Å²) in [5, 5.41) is 15.2. The van der Waals surface area contributed by atoms with Crippen LogP contribution in [0.1, 0.15) is 13.8 Å². The van der Waals surface area contributed by atoms with E-state index < -0.39 is 0 Å². The summed E-state index contributed by atoms with van der Waals surface area (Å²) in [4.78, 5) is 17.4. The second kappa shape index (κ2) is 5.29. The van der Waals surface area contributed by atoms with Gasteiger partial charge in [0.1, 0.15) is 5.52 Å². The van der Waals surface area contributed by atoms with Gasteiger partial charge in [0, 0.05) is 37.4 Å². The van der Waals surface area contributed by atoms with Gasteiger partial charge in [0.25, 0.3) is 5.69 Å². The highest BCUT2D eigenvalue weighted by atomic mass is 16.6. The standard InChI is InChI=1S/C15H18N4O2/c1-10-8-18(9-11(2)17-10)14-6-5-13(19(20)21)12-4-3-7-16-15(12)14/h3-7,10-11,17H,8-9H2,1-2H3/t10-,11+. The Morgan fingerprint density at radius 3 is 2.67 bits per heavy atom. The van der Waals surface area contributed by atoms with Crippen molar-refractivity contribution in [3.8, 4) is 0 Å². The van der Waals surface area contributed by atoms with Crippen LogP contribution in [-0.2, 0) is 0 Å². The fourth-order valence-corrected chi connectivity index (χ4v) is 3.08. The lowest BCUT2D eigenvalue weighted by atomic mass is 10.1. The average molecular weight is 286 g/mol. The number of nitro benzene ring substituents is 1. The minimum atomic E-state index is -0.350. The molecule has 1 aliphatic heterocycles. The van der Waals surface area contributed by atoms with E-state index >= 15 is 0 Å². The molecule has 1 aromatic heterocycles. The number of anilines is 1. The van der Waals surface area contributed by atoms with Gasteiger partial charge < -0.3 is 10.2 Å². The molecule has 2 heterocycles. The highest BCUT2D eigenvalue weighted by Gasteiger charge is 2.24. The first-order valence-electron chi connectivity index (χ1n) is 7.09. The second-order valence-electron chi connectivity index (χ2n) is 5.63. The van der Waals surface area contributed by atoms with Crippen LogP contribution in [0.15, 0.2) is 30.5 Å². The average Bonchev–Trinajstić information content (AvgIpc) is 2.44. The molecule has 1 saturated heterocycles. The Morgan fingerprint density at radius 2 is 2.00 bits per heavy atom. The molecule has 0 spiro atoms. The van der Waals surface area contributed by atoms with E-state index in [0.29, 0.717) is 23.0 Å². The number of piperazine rings is 1. The zero-order valence-electron chi connectivity index (χ0n) is 12.1. The molecule has 21 heavy (non-hydrogen) atoms. The van der Waals surface area contributed by atoms with Crippen molar-refractivity contribution in [2.75, 3.05) is 18.0 Å². The van der Waals surface area contributed by atoms with Gasteiger partial charge in [-0.15, -0.1) is 0 Å². The molecule has 2 atom stereocenters. The normalized spacial score (nSPS) is 22.5. The first kappa shape index (κ1) is 13.8. The van der Waals surface area contributed by atoms with Crippen molar-refractivity contribution in [2.45, 2.75) is 25.9 Å². The van der Waals surface area contributed by atoms with Gasteiger partial charge in [-0.25, -0.2) is 0 Å². The molecule has 0 radical (unpaired) electrons. The Morgan fingerprint density at radius 1 is 1.29 bits per heavy atom. The zero-order chi connectivity index (χ0) is 15.0. The zero-order valence-corrected chi connectivity index (χ0v) is 12.1. The van der Waals surface area contributed by atoms with Crippen molar-refractivity contribution < 1.29 is 4.92 Å². The lowest BCUT2D eigenvalue weighted by Gasteiger charge is -2.37. The van der Waals surface area contributed by atoms with Gasteiger partial charge in [-0.3, -0.25) is 15.1 Å². The maximum atomic E-state index is 11.2. The number of nitrogens with zero attached hydrogens (tertiary/aromatic N) is 3. The molecule has 1 aromatic carbocycles. The fraction of sp³-hybridized carbons (Fsp3) is 0.400. The van der Waals surface area contributed by atoms with Gasteiger partial charge in [-0.2, -0.15) is 0 Å². The molecule has 0 saturated carbocycles. The van der Waals surface area contributed by atoms with E-state index in [-0.39, 0.29) is 10.6 Å². The molecule has 110 valence electrons. The summed E-state index contributed by atoms with van der Waals surface area (Å²) in [5.41, 5.74) is 1.78. The first-order valence-corrected chi connectivity index (χ1v) is 7.09. The van der Waals surface area contributed by atoms with E-state index in [2.05, 4.69) is 29.0 Å². The smallest absolute Gasteiger partial charge is 0.278 e. The van der Waals surface area contributed by atoms with Gasteiger partial charge >= 0.3 is 0 Å². The number of hydrogen-bond acceptors (Lipinski definition) is 5. The van der Waals surface area contributed by atoms with Crippen LogP contribution in [0, 0.1) is 10.1 Å². The van der Waals surface area contributed by atoms with Crippen LogP contribution >= 0.6 is 0 Å². The van der Waals surface area contributed by atoms with Crippen molar-refractivity contribution in [3.63, 3.8) is 0 Å². The number of rotatable bonds is 2. The lowest BCUT2D eigenvalue weighted by molar-refractivity contribution is -0.383. The number of nitro groups is 1. The summed E-state index contributed by atoms with van der Waals surface area (Å²) < 4.78 is 0. The Balaban J connectivity index is 2.11. The molecule has 0 amide bonds. The predicted molar refractivity (Wildman–Crippen MR) is 82.7 cm³/mol. The minimum Gasteiger partial charge on any atom is -0.367 e. The van der Waals surface area contributed by atoms with E-state index in [4.69, 9.17) is 0 Å². The topological polar surface area (TPSA) is 71.3 Å². The van der Waals surface area contributed by atoms with Crippen molar-refractivity contribution in [1.29, 1.82) is 0 Å². The highest BCUT2D eigenvalue weighted by molar-refractivity contribution is 5.97. The third kappa shape index (κ3) is 2.54. The van der Waals surface area contributed by atoms with Gasteiger partial charge in [0.15, 0.2) is 0 Å². The van der Waals surface area contributed by atoms with Crippen molar-refractivity contribution >= 4 is 22.3 Å². The van der Waals surface area contributed by atoms with E-state index in [9.17, 15) is 10.1 Å². The predicted octanol–water partition coefficient (Wildman–Crippen LogP) is 2.33. The van der Waals surface area contributed by atoms with Crippen LogP contribution in [0.4, 0.5) is 11.4 Å². The maximum Gasteiger partial charge on any atom is 0.278 e. The van der Waals surface area contributed by atoms with Gasteiger partial charge in [0.05, 0.1) is 16.0 Å². The van der Waals surface area contributed by atoms with E-state index in [1.165, 1.54) is 0 Å². The summed E-state index contributed by atoms with van der Waals surface area (Å²) in [6.07, 6.45) is 1.69. The van der Waals surface area contributed by atoms with E-state index in [1.54, 1.807) is 24.4 Å². The molecule has 0 bridgehead atoms. The number of non-ortho nitro benzene ring substituents is 1. The number of aromatic nitrogens is 1. The number of benzene rings is 1. The second-order valence-corrected chi connectivity index (χ2v) is 5.63. The van der Waals surface area contributed by atoms with Crippen molar-refractivity contribution in [1.82, 2.24) is 10.3 Å². The Bertz CT molecular complexity index is 678. The maximum absolute atomic E-state index is 11.2. The van der Waals surface area contributed by atoms with Crippen LogP contribution in [0.3, 0.4) is 0 Å². The summed E-state index contributed by atoms with van der Waals surface area (Å²) >= 11 is 0. The summed E-state index contributed by atoms with van der Waals surface area (Å²) in [6.45, 7) is 6.02. The molecule has 1 N–H and O–H groups in total. The van der Waals surface area contributed by atoms with Crippen LogP contribution < -0.4 is 10.2 Å². The van der Waals surface area contributed by atoms with Crippen LogP contribution in [0.25, 0.3) is 10.9 Å². The quantitative estimate of drug-likeness (QED) is 0.677. The monoisotopic (exact) mass is 286 g/mol. The third-order valence-electron chi connectivity index (χ3n) is 3.82. The molecule has 6 nitrogen and oxygen atoms in total. The van der Waals surface area contributed by atoms with Gasteiger partial charge in [-0.05, 0) is 32.0 Å². The molecular weight excluding hydrogens is 268 g/mol. The van der Waals surface area contributed by atoms with Gasteiger partial charge in [-0.1, -0.05) is 0 Å². The summed E-state index contributed by atoms with van der Waals surface area (Å²) in [5.74, 6) is 0. The van der Waals surface area contributed by atoms with Gasteiger partial charge in [0.2, 0.25) is 0 Å². The SMILES string of the molecule is C[C@@H]1CN(c2ccc([N+](=O)[O-])c3cccnc23)C[C@H](C)N1. The molecule has 1 aliphatic rings. The number of fused-ring (bicyclic) bond motifs is 1. The summed E-state index contributed by atoms with van der Waals surface area (Å²) in [7, 11) is 0. The third-order valence-corrected chi connectivity index (χ3v) is 3.82. The highest BCUT2D eigenvalue weighted by Crippen LogP contribution is 2.32. The van der Waals surface area contributed by atoms with Crippen LogP contribution in [-0.4, -0.2) is 35.1 Å². The van der Waals surface area contributed by atoms with Crippen molar-refractivity contribution in [3.05, 3.63) is 40.6 Å². The Kier molecular flexibility index (Phi) is 3.47. The molecule has 2 aromatic rings. The van der Waals surface area contributed by atoms with Crippen LogP contribution in [0.2, 0.25) is 0 Å². The fourth-order valence-electron chi connectivity index (χ4n) is 3.08. The molecule has 0 unspecified atom stereocenters. The number of hydrogen-bond donors (Lipinski definition) is 1. The summed E-state index contributed by atoms with van der Waals surface area (Å²) in [6, 6.07) is 7.65. The minimum absolute atomic E-state index is 0.109. The largest absolute Gasteiger partial charge is 0.367 e. The lowest BCUT2D eigenvalue weighted by Crippen LogP contribution is -2.54. The molecule has 1 fully saturated rings. The Hall–Kier alpha value is -2.21. The molecule has 3 rings (SSSR count). The van der Waals surface area contributed by atoms with E-state index in [1.807, 2.05) is 6.07 Å². The number of nitrogens with one attached hydrogen (secondary N) is 1. The number of pyridine rings is 1. The first-order chi connectivity index (χ1) is 10.1. The van der Waals surface area contributed by atoms with Crippen LogP contribution in [0.5, 0.6) is 0 Å².